The maximum Gasteiger partial charge on any atom is 0.449 e. The summed E-state index contributed by atoms with van der Waals surface area (Å²) in [5, 5.41) is 3.05. The molecule has 4 nitrogen and oxygen atoms in total. The van der Waals surface area contributed by atoms with Crippen molar-refractivity contribution in [2.75, 3.05) is 20.3 Å². The van der Waals surface area contributed by atoms with E-state index in [1.165, 1.54) is 4.57 Å². The SMILES string of the molecule is COCCCCn1c(C(F)(F)F)nc2c1CCNC2. The van der Waals surface area contributed by atoms with Crippen LogP contribution in [0, 0.1) is 0 Å². The van der Waals surface area contributed by atoms with Crippen molar-refractivity contribution in [3.8, 4) is 0 Å². The Morgan fingerprint density at radius 1 is 1.37 bits per heavy atom. The topological polar surface area (TPSA) is 39.1 Å². The van der Waals surface area contributed by atoms with Gasteiger partial charge in [0, 0.05) is 45.5 Å². The van der Waals surface area contributed by atoms with Crippen LogP contribution in [-0.2, 0) is 30.4 Å². The molecule has 0 saturated heterocycles. The predicted octanol–water partition coefficient (Wildman–Crippen LogP) is 1.97. The van der Waals surface area contributed by atoms with Crippen LogP contribution in [0.4, 0.5) is 13.2 Å². The molecule has 2 heterocycles. The second-order valence-corrected chi connectivity index (χ2v) is 4.60. The summed E-state index contributed by atoms with van der Waals surface area (Å²) < 4.78 is 45.2. The third-order valence-electron chi connectivity index (χ3n) is 3.22. The Bertz CT molecular complexity index is 429. The minimum Gasteiger partial charge on any atom is -0.385 e. The first-order valence-electron chi connectivity index (χ1n) is 6.39. The van der Waals surface area contributed by atoms with Gasteiger partial charge >= 0.3 is 6.18 Å². The van der Waals surface area contributed by atoms with Gasteiger partial charge in [-0.2, -0.15) is 13.2 Å². The summed E-state index contributed by atoms with van der Waals surface area (Å²) in [6.45, 7) is 2.04. The minimum atomic E-state index is -4.39. The molecule has 19 heavy (non-hydrogen) atoms. The molecule has 0 bridgehead atoms. The second-order valence-electron chi connectivity index (χ2n) is 4.60. The molecule has 0 amide bonds. The van der Waals surface area contributed by atoms with Gasteiger partial charge in [0.2, 0.25) is 5.82 Å². The van der Waals surface area contributed by atoms with Crippen LogP contribution in [-0.4, -0.2) is 29.8 Å². The van der Waals surface area contributed by atoms with Crippen LogP contribution in [0.5, 0.6) is 0 Å². The van der Waals surface area contributed by atoms with Gasteiger partial charge in [-0.1, -0.05) is 0 Å². The van der Waals surface area contributed by atoms with Crippen molar-refractivity contribution in [3.63, 3.8) is 0 Å². The van der Waals surface area contributed by atoms with E-state index < -0.39 is 12.0 Å². The first-order valence-corrected chi connectivity index (χ1v) is 6.39. The van der Waals surface area contributed by atoms with E-state index in [0.29, 0.717) is 44.8 Å². The lowest BCUT2D eigenvalue weighted by atomic mass is 10.2. The summed E-state index contributed by atoms with van der Waals surface area (Å²) in [5.74, 6) is -0.765. The van der Waals surface area contributed by atoms with Gasteiger partial charge < -0.3 is 14.6 Å². The highest BCUT2D eigenvalue weighted by Gasteiger charge is 2.38. The number of alkyl halides is 3. The highest BCUT2D eigenvalue weighted by atomic mass is 19.4. The molecule has 1 aliphatic rings. The van der Waals surface area contributed by atoms with E-state index in [0.717, 1.165) is 12.1 Å². The first kappa shape index (κ1) is 14.3. The number of nitrogens with one attached hydrogen (secondary N) is 1. The van der Waals surface area contributed by atoms with Crippen LogP contribution < -0.4 is 5.32 Å². The van der Waals surface area contributed by atoms with Crippen LogP contribution >= 0.6 is 0 Å². The average Bonchev–Trinajstić information content (AvgIpc) is 2.74. The van der Waals surface area contributed by atoms with Crippen LogP contribution in [0.3, 0.4) is 0 Å². The summed E-state index contributed by atoms with van der Waals surface area (Å²) in [6, 6.07) is 0. The lowest BCUT2D eigenvalue weighted by Gasteiger charge is -2.16. The second kappa shape index (κ2) is 5.92. The number of hydrogen-bond acceptors (Lipinski definition) is 3. The Labute approximate surface area is 110 Å². The van der Waals surface area contributed by atoms with E-state index in [9.17, 15) is 13.2 Å². The van der Waals surface area contributed by atoms with Gasteiger partial charge in [-0.15, -0.1) is 0 Å². The van der Waals surface area contributed by atoms with Crippen molar-refractivity contribution >= 4 is 0 Å². The van der Waals surface area contributed by atoms with Gasteiger partial charge in [0.1, 0.15) is 0 Å². The fourth-order valence-electron chi connectivity index (χ4n) is 2.34. The maximum atomic E-state index is 13.0. The van der Waals surface area contributed by atoms with E-state index in [2.05, 4.69) is 10.3 Å². The Hall–Kier alpha value is -1.08. The van der Waals surface area contributed by atoms with Gasteiger partial charge in [-0.05, 0) is 12.8 Å². The molecule has 0 aliphatic carbocycles. The Morgan fingerprint density at radius 3 is 2.84 bits per heavy atom. The van der Waals surface area contributed by atoms with Gasteiger partial charge in [0.15, 0.2) is 0 Å². The summed E-state index contributed by atoms with van der Waals surface area (Å²) in [5.41, 5.74) is 1.26. The van der Waals surface area contributed by atoms with E-state index in [-0.39, 0.29) is 0 Å². The summed E-state index contributed by atoms with van der Waals surface area (Å²) in [4.78, 5) is 3.77. The molecule has 1 aromatic heterocycles. The molecule has 0 spiro atoms. The third-order valence-corrected chi connectivity index (χ3v) is 3.22. The predicted molar refractivity (Wildman–Crippen MR) is 63.7 cm³/mol. The highest BCUT2D eigenvalue weighted by molar-refractivity contribution is 5.21. The summed E-state index contributed by atoms with van der Waals surface area (Å²) >= 11 is 0. The van der Waals surface area contributed by atoms with Crippen molar-refractivity contribution < 1.29 is 17.9 Å². The zero-order valence-electron chi connectivity index (χ0n) is 10.9. The van der Waals surface area contributed by atoms with E-state index in [1.807, 2.05) is 0 Å². The smallest absolute Gasteiger partial charge is 0.385 e. The number of aromatic nitrogens is 2. The molecule has 0 radical (unpaired) electrons. The van der Waals surface area contributed by atoms with E-state index in [1.54, 1.807) is 7.11 Å². The first-order chi connectivity index (χ1) is 9.04. The summed E-state index contributed by atoms with van der Waals surface area (Å²) in [7, 11) is 1.59. The molecule has 0 unspecified atom stereocenters. The maximum absolute atomic E-state index is 13.0. The van der Waals surface area contributed by atoms with Crippen molar-refractivity contribution in [3.05, 3.63) is 17.2 Å². The van der Waals surface area contributed by atoms with Crippen LogP contribution in [0.2, 0.25) is 0 Å². The standard InChI is InChI=1S/C12H18F3N3O/c1-19-7-3-2-6-18-10-4-5-16-8-9(10)17-11(18)12(13,14)15/h16H,2-8H2,1H3. The van der Waals surface area contributed by atoms with Crippen LogP contribution in [0.15, 0.2) is 0 Å². The zero-order chi connectivity index (χ0) is 13.9. The molecule has 0 saturated carbocycles. The number of hydrogen-bond donors (Lipinski definition) is 1. The van der Waals surface area contributed by atoms with Gasteiger partial charge in [0.05, 0.1) is 5.69 Å². The van der Waals surface area contributed by atoms with Crippen molar-refractivity contribution in [1.29, 1.82) is 0 Å². The fourth-order valence-corrected chi connectivity index (χ4v) is 2.34. The molecule has 0 aromatic carbocycles. The van der Waals surface area contributed by atoms with Gasteiger partial charge in [-0.3, -0.25) is 0 Å². The molecule has 108 valence electrons. The molecular formula is C12H18F3N3O. The molecule has 1 N–H and O–H groups in total. The highest BCUT2D eigenvalue weighted by Crippen LogP contribution is 2.31. The number of unbranched alkanes of at least 4 members (excludes halogenated alkanes) is 1. The van der Waals surface area contributed by atoms with Crippen molar-refractivity contribution in [1.82, 2.24) is 14.9 Å². The quantitative estimate of drug-likeness (QED) is 0.836. The molecule has 7 heteroatoms. The Morgan fingerprint density at radius 2 is 2.16 bits per heavy atom. The Balaban J connectivity index is 2.20. The molecule has 2 rings (SSSR count). The number of fused-ring (bicyclic) bond motifs is 1. The number of ether oxygens (including phenoxy) is 1. The average molecular weight is 277 g/mol. The molecular weight excluding hydrogens is 259 g/mol. The number of rotatable bonds is 5. The molecule has 1 aliphatic heterocycles. The van der Waals surface area contributed by atoms with E-state index >= 15 is 0 Å². The van der Waals surface area contributed by atoms with Crippen LogP contribution in [0.25, 0.3) is 0 Å². The minimum absolute atomic E-state index is 0.348. The largest absolute Gasteiger partial charge is 0.449 e. The van der Waals surface area contributed by atoms with Crippen LogP contribution in [0.1, 0.15) is 30.1 Å². The van der Waals surface area contributed by atoms with Gasteiger partial charge in [0.25, 0.3) is 0 Å². The molecule has 0 atom stereocenters. The fraction of sp³-hybridized carbons (Fsp3) is 0.750. The lowest BCUT2D eigenvalue weighted by molar-refractivity contribution is -0.147. The summed E-state index contributed by atoms with van der Waals surface area (Å²) in [6.07, 6.45) is -2.38. The number of imidazole rings is 1. The van der Waals surface area contributed by atoms with E-state index in [4.69, 9.17) is 4.74 Å². The molecule has 0 fully saturated rings. The van der Waals surface area contributed by atoms with Gasteiger partial charge in [-0.25, -0.2) is 4.98 Å². The monoisotopic (exact) mass is 277 g/mol. The normalized spacial score (nSPS) is 15.6. The zero-order valence-corrected chi connectivity index (χ0v) is 10.9. The lowest BCUT2D eigenvalue weighted by Crippen LogP contribution is -2.25. The Kier molecular flexibility index (Phi) is 4.46. The van der Waals surface area contributed by atoms with Crippen molar-refractivity contribution in [2.45, 2.75) is 38.5 Å². The third kappa shape index (κ3) is 3.27. The molecule has 1 aromatic rings. The number of methoxy groups -OCH3 is 1. The number of nitrogens with zero attached hydrogens (tertiary/aromatic N) is 2. The number of halogens is 3. The van der Waals surface area contributed by atoms with Crippen molar-refractivity contribution in [2.24, 2.45) is 0 Å².